The average Bonchev–Trinajstić information content (AvgIpc) is 2.28. The summed E-state index contributed by atoms with van der Waals surface area (Å²) in [4.78, 5) is 0. The van der Waals surface area contributed by atoms with E-state index in [-0.39, 0.29) is 6.61 Å². The van der Waals surface area contributed by atoms with Gasteiger partial charge < -0.3 is 10.8 Å². The molecule has 1 unspecified atom stereocenters. The highest BCUT2D eigenvalue weighted by atomic mass is 16.3. The monoisotopic (exact) mass is 201 g/mol. The van der Waals surface area contributed by atoms with Crippen LogP contribution < -0.4 is 5.73 Å². The highest BCUT2D eigenvalue weighted by Gasteiger charge is 2.19. The molecule has 2 rings (SSSR count). The van der Waals surface area contributed by atoms with Crippen molar-refractivity contribution in [3.63, 3.8) is 0 Å². The molecule has 0 aliphatic heterocycles. The molecule has 0 radical (unpaired) electrons. The molecule has 15 heavy (non-hydrogen) atoms. The van der Waals surface area contributed by atoms with Crippen molar-refractivity contribution in [3.05, 3.63) is 48.0 Å². The van der Waals surface area contributed by atoms with Crippen LogP contribution in [0.3, 0.4) is 0 Å². The molecule has 0 bridgehead atoms. The van der Waals surface area contributed by atoms with Gasteiger partial charge >= 0.3 is 0 Å². The van der Waals surface area contributed by atoms with Gasteiger partial charge in [-0.1, -0.05) is 36.4 Å². The van der Waals surface area contributed by atoms with Gasteiger partial charge in [-0.3, -0.25) is 0 Å². The van der Waals surface area contributed by atoms with E-state index in [1.54, 1.807) is 0 Å². The third kappa shape index (κ3) is 1.87. The Labute approximate surface area is 89.3 Å². The van der Waals surface area contributed by atoms with Crippen molar-refractivity contribution in [1.29, 1.82) is 0 Å². The normalized spacial score (nSPS) is 15.1. The minimum atomic E-state index is -0.663. The average molecular weight is 201 g/mol. The summed E-state index contributed by atoms with van der Waals surface area (Å²) in [6, 6.07) is 14.2. The van der Waals surface area contributed by atoms with Gasteiger partial charge in [0.05, 0.1) is 12.1 Å². The lowest BCUT2D eigenvalue weighted by Gasteiger charge is -2.22. The fraction of sp³-hybridized carbons (Fsp3) is 0.231. The quantitative estimate of drug-likeness (QED) is 0.780. The number of fused-ring (bicyclic) bond motifs is 1. The Balaban J connectivity index is 2.56. The largest absolute Gasteiger partial charge is 0.394 e. The first-order chi connectivity index (χ1) is 7.13. The van der Waals surface area contributed by atoms with Crippen molar-refractivity contribution in [3.8, 4) is 0 Å². The summed E-state index contributed by atoms with van der Waals surface area (Å²) in [7, 11) is 0. The molecular formula is C13H15NO. The molecule has 2 aromatic rings. The van der Waals surface area contributed by atoms with Crippen LogP contribution in [0.2, 0.25) is 0 Å². The van der Waals surface area contributed by atoms with E-state index in [4.69, 9.17) is 5.73 Å². The highest BCUT2D eigenvalue weighted by molar-refractivity contribution is 5.83. The minimum absolute atomic E-state index is 0.0503. The molecule has 0 heterocycles. The molecule has 0 saturated heterocycles. The third-order valence-corrected chi connectivity index (χ3v) is 2.74. The van der Waals surface area contributed by atoms with E-state index in [1.165, 1.54) is 5.39 Å². The van der Waals surface area contributed by atoms with E-state index in [0.717, 1.165) is 10.9 Å². The third-order valence-electron chi connectivity index (χ3n) is 2.74. The SMILES string of the molecule is CC(N)(CO)c1ccc2ccccc2c1. The van der Waals surface area contributed by atoms with E-state index < -0.39 is 5.54 Å². The number of hydrogen-bond donors (Lipinski definition) is 2. The lowest BCUT2D eigenvalue weighted by Crippen LogP contribution is -2.36. The van der Waals surface area contributed by atoms with Gasteiger partial charge in [0.15, 0.2) is 0 Å². The maximum absolute atomic E-state index is 9.19. The number of benzene rings is 2. The summed E-state index contributed by atoms with van der Waals surface area (Å²) in [5.74, 6) is 0. The topological polar surface area (TPSA) is 46.2 Å². The number of nitrogens with two attached hydrogens (primary N) is 1. The predicted octanol–water partition coefficient (Wildman–Crippen LogP) is 2.01. The van der Waals surface area contributed by atoms with Crippen molar-refractivity contribution < 1.29 is 5.11 Å². The predicted molar refractivity (Wildman–Crippen MR) is 62.6 cm³/mol. The number of aliphatic hydroxyl groups excluding tert-OH is 1. The van der Waals surface area contributed by atoms with Crippen LogP contribution in [0.1, 0.15) is 12.5 Å². The Morgan fingerprint density at radius 3 is 2.47 bits per heavy atom. The van der Waals surface area contributed by atoms with Crippen molar-refractivity contribution in [2.24, 2.45) is 5.73 Å². The zero-order valence-corrected chi connectivity index (χ0v) is 8.77. The van der Waals surface area contributed by atoms with E-state index in [2.05, 4.69) is 6.07 Å². The molecule has 0 aromatic heterocycles. The maximum Gasteiger partial charge on any atom is 0.0650 e. The second-order valence-electron chi connectivity index (χ2n) is 4.14. The van der Waals surface area contributed by atoms with Crippen LogP contribution in [0, 0.1) is 0 Å². The lowest BCUT2D eigenvalue weighted by atomic mass is 9.92. The summed E-state index contributed by atoms with van der Waals surface area (Å²) in [5.41, 5.74) is 6.28. The van der Waals surface area contributed by atoms with Crippen LogP contribution in [0.5, 0.6) is 0 Å². The van der Waals surface area contributed by atoms with Gasteiger partial charge in [0.25, 0.3) is 0 Å². The zero-order chi connectivity index (χ0) is 10.9. The molecule has 78 valence electrons. The van der Waals surface area contributed by atoms with Crippen molar-refractivity contribution in [2.75, 3.05) is 6.61 Å². The van der Waals surface area contributed by atoms with E-state index in [0.29, 0.717) is 0 Å². The lowest BCUT2D eigenvalue weighted by molar-refractivity contribution is 0.210. The molecule has 3 N–H and O–H groups in total. The van der Waals surface area contributed by atoms with Gasteiger partial charge in [-0.2, -0.15) is 0 Å². The number of aliphatic hydroxyl groups is 1. The summed E-state index contributed by atoms with van der Waals surface area (Å²) in [6.07, 6.45) is 0. The molecule has 0 aliphatic rings. The van der Waals surface area contributed by atoms with E-state index >= 15 is 0 Å². The zero-order valence-electron chi connectivity index (χ0n) is 8.77. The van der Waals surface area contributed by atoms with Crippen LogP contribution in [0.25, 0.3) is 10.8 Å². The Morgan fingerprint density at radius 1 is 1.13 bits per heavy atom. The Bertz CT molecular complexity index is 477. The molecule has 2 nitrogen and oxygen atoms in total. The van der Waals surface area contributed by atoms with Gasteiger partial charge in [0.2, 0.25) is 0 Å². The smallest absolute Gasteiger partial charge is 0.0650 e. The first-order valence-electron chi connectivity index (χ1n) is 5.02. The fourth-order valence-electron chi connectivity index (χ4n) is 1.64. The van der Waals surface area contributed by atoms with Gasteiger partial charge in [0.1, 0.15) is 0 Å². The first-order valence-corrected chi connectivity index (χ1v) is 5.02. The van der Waals surface area contributed by atoms with Crippen LogP contribution >= 0.6 is 0 Å². The standard InChI is InChI=1S/C13H15NO/c1-13(14,9-15)12-7-6-10-4-2-3-5-11(10)8-12/h2-8,15H,9,14H2,1H3. The molecule has 1 atom stereocenters. The molecule has 0 aliphatic carbocycles. The molecule has 0 saturated carbocycles. The van der Waals surface area contributed by atoms with Gasteiger partial charge in [-0.15, -0.1) is 0 Å². The van der Waals surface area contributed by atoms with E-state index in [9.17, 15) is 5.11 Å². The Hall–Kier alpha value is -1.38. The summed E-state index contributed by atoms with van der Waals surface area (Å²) in [6.45, 7) is 1.78. The van der Waals surface area contributed by atoms with Crippen LogP contribution in [-0.4, -0.2) is 11.7 Å². The van der Waals surface area contributed by atoms with Gasteiger partial charge in [-0.05, 0) is 29.3 Å². The van der Waals surface area contributed by atoms with Crippen LogP contribution in [0.4, 0.5) is 0 Å². The Kier molecular flexibility index (Phi) is 2.47. The molecule has 2 heteroatoms. The summed E-state index contributed by atoms with van der Waals surface area (Å²) in [5, 5.41) is 11.5. The molecule has 0 fully saturated rings. The second kappa shape index (κ2) is 3.65. The highest BCUT2D eigenvalue weighted by Crippen LogP contribution is 2.22. The van der Waals surface area contributed by atoms with Crippen molar-refractivity contribution in [1.82, 2.24) is 0 Å². The summed E-state index contributed by atoms with van der Waals surface area (Å²) >= 11 is 0. The fourth-order valence-corrected chi connectivity index (χ4v) is 1.64. The van der Waals surface area contributed by atoms with Gasteiger partial charge in [0, 0.05) is 0 Å². The molecular weight excluding hydrogens is 186 g/mol. The van der Waals surface area contributed by atoms with Crippen molar-refractivity contribution in [2.45, 2.75) is 12.5 Å². The van der Waals surface area contributed by atoms with Crippen LogP contribution in [0.15, 0.2) is 42.5 Å². The van der Waals surface area contributed by atoms with Gasteiger partial charge in [-0.25, -0.2) is 0 Å². The number of rotatable bonds is 2. The minimum Gasteiger partial charge on any atom is -0.394 e. The molecule has 2 aromatic carbocycles. The van der Waals surface area contributed by atoms with Crippen molar-refractivity contribution >= 4 is 10.8 Å². The summed E-state index contributed by atoms with van der Waals surface area (Å²) < 4.78 is 0. The Morgan fingerprint density at radius 2 is 1.80 bits per heavy atom. The first kappa shape index (κ1) is 10.1. The maximum atomic E-state index is 9.19. The molecule has 0 amide bonds. The van der Waals surface area contributed by atoms with Crippen LogP contribution in [-0.2, 0) is 5.54 Å². The number of hydrogen-bond acceptors (Lipinski definition) is 2. The molecule has 0 spiro atoms. The van der Waals surface area contributed by atoms with E-state index in [1.807, 2.05) is 43.3 Å². The second-order valence-corrected chi connectivity index (χ2v) is 4.14.